The molecule has 0 aliphatic heterocycles. The van der Waals surface area contributed by atoms with Gasteiger partial charge in [-0.1, -0.05) is 54.6 Å². The first kappa shape index (κ1) is 29.2. The van der Waals surface area contributed by atoms with Crippen LogP contribution in [0.25, 0.3) is 67.0 Å². The van der Waals surface area contributed by atoms with Crippen LogP contribution in [0.15, 0.2) is 159 Å². The molecule has 0 aliphatic rings. The summed E-state index contributed by atoms with van der Waals surface area (Å²) in [6.45, 7) is 2.08. The topological polar surface area (TPSA) is 83.5 Å². The average Bonchev–Trinajstić information content (AvgIpc) is 3.73. The summed E-state index contributed by atoms with van der Waals surface area (Å²) < 4.78 is 10.8. The number of fused-ring (bicyclic) bond motifs is 3. The van der Waals surface area contributed by atoms with Gasteiger partial charge in [-0.15, -0.1) is 0 Å². The van der Waals surface area contributed by atoms with Gasteiger partial charge in [0.05, 0.1) is 22.4 Å². The van der Waals surface area contributed by atoms with Gasteiger partial charge in [0.1, 0.15) is 29.3 Å². The Morgan fingerprint density at radius 3 is 2.20 bits per heavy atom. The highest BCUT2D eigenvalue weighted by molar-refractivity contribution is 6.09. The molecule has 8 nitrogen and oxygen atoms in total. The van der Waals surface area contributed by atoms with E-state index in [1.165, 1.54) is 6.33 Å². The Morgan fingerprint density at radius 1 is 0.580 bits per heavy atom. The summed E-state index contributed by atoms with van der Waals surface area (Å²) >= 11 is 0. The summed E-state index contributed by atoms with van der Waals surface area (Å²) in [4.78, 5) is 17.7. The van der Waals surface area contributed by atoms with Gasteiger partial charge >= 0.3 is 0 Å². The molecule has 0 spiro atoms. The van der Waals surface area contributed by atoms with Crippen LogP contribution in [0.1, 0.15) is 5.56 Å². The number of nitrogens with zero attached hydrogens (tertiary/aromatic N) is 7. The highest BCUT2D eigenvalue weighted by Gasteiger charge is 2.24. The van der Waals surface area contributed by atoms with Gasteiger partial charge < -0.3 is 4.74 Å². The Balaban J connectivity index is 1.18. The van der Waals surface area contributed by atoms with Crippen LogP contribution in [0.2, 0.25) is 0 Å². The molecular formula is C42H29N7O. The van der Waals surface area contributed by atoms with Crippen LogP contribution >= 0.6 is 0 Å². The fourth-order valence-corrected chi connectivity index (χ4v) is 6.60. The highest BCUT2D eigenvalue weighted by Crippen LogP contribution is 2.41. The van der Waals surface area contributed by atoms with E-state index in [1.54, 1.807) is 12.4 Å². The zero-order valence-corrected chi connectivity index (χ0v) is 27.0. The highest BCUT2D eigenvalue weighted by atomic mass is 16.5. The van der Waals surface area contributed by atoms with Crippen LogP contribution in [0.3, 0.4) is 0 Å². The van der Waals surface area contributed by atoms with Gasteiger partial charge in [0, 0.05) is 70.6 Å². The van der Waals surface area contributed by atoms with Crippen molar-refractivity contribution in [3.8, 4) is 56.6 Å². The first-order chi connectivity index (χ1) is 24.7. The lowest BCUT2D eigenvalue weighted by molar-refractivity contribution is 0.483. The fourth-order valence-electron chi connectivity index (χ4n) is 6.60. The third-order valence-corrected chi connectivity index (χ3v) is 8.81. The summed E-state index contributed by atoms with van der Waals surface area (Å²) in [5.41, 5.74) is 9.59. The molecule has 0 fully saturated rings. The summed E-state index contributed by atoms with van der Waals surface area (Å²) in [6, 6.07) is 41.0. The molecule has 8 heteroatoms. The van der Waals surface area contributed by atoms with Crippen LogP contribution in [-0.4, -0.2) is 34.3 Å². The molecule has 4 aromatic carbocycles. The largest absolute Gasteiger partial charge is 0.457 e. The second-order valence-corrected chi connectivity index (χ2v) is 12.0. The predicted molar refractivity (Wildman–Crippen MR) is 197 cm³/mol. The number of para-hydroxylation sites is 1. The third-order valence-electron chi connectivity index (χ3n) is 8.81. The number of benzene rings is 4. The van der Waals surface area contributed by atoms with Crippen LogP contribution in [0.5, 0.6) is 11.5 Å². The summed E-state index contributed by atoms with van der Waals surface area (Å²) in [5, 5.41) is 7.53. The lowest BCUT2D eigenvalue weighted by Gasteiger charge is -2.12. The average molecular weight is 648 g/mol. The molecule has 0 aliphatic carbocycles. The van der Waals surface area contributed by atoms with Crippen molar-refractivity contribution in [2.24, 2.45) is 0 Å². The summed E-state index contributed by atoms with van der Waals surface area (Å²) in [7, 11) is 0. The maximum absolute atomic E-state index is 6.60. The summed E-state index contributed by atoms with van der Waals surface area (Å²) in [6.07, 6.45) is 10.6. The molecule has 0 N–H and O–H groups in total. The molecule has 0 saturated heterocycles. The van der Waals surface area contributed by atoms with Crippen molar-refractivity contribution in [3.05, 3.63) is 164 Å². The second-order valence-electron chi connectivity index (χ2n) is 12.0. The predicted octanol–water partition coefficient (Wildman–Crippen LogP) is 9.65. The number of rotatable bonds is 7. The van der Waals surface area contributed by atoms with Gasteiger partial charge in [-0.2, -0.15) is 5.10 Å². The minimum Gasteiger partial charge on any atom is -0.457 e. The van der Waals surface area contributed by atoms with Crippen LogP contribution in [0, 0.1) is 6.92 Å². The van der Waals surface area contributed by atoms with E-state index in [1.807, 2.05) is 90.0 Å². The molecule has 0 atom stereocenters. The van der Waals surface area contributed by atoms with E-state index >= 15 is 0 Å². The minimum atomic E-state index is 0.677. The van der Waals surface area contributed by atoms with E-state index in [0.717, 1.165) is 72.5 Å². The quantitative estimate of drug-likeness (QED) is 0.171. The van der Waals surface area contributed by atoms with Crippen LogP contribution < -0.4 is 4.74 Å². The molecule has 9 aromatic rings. The molecule has 5 aromatic heterocycles. The number of pyridine rings is 2. The van der Waals surface area contributed by atoms with Gasteiger partial charge in [-0.05, 0) is 72.6 Å². The number of hydrogen-bond donors (Lipinski definition) is 0. The van der Waals surface area contributed by atoms with Gasteiger partial charge in [0.15, 0.2) is 0 Å². The van der Waals surface area contributed by atoms with E-state index in [0.29, 0.717) is 11.5 Å². The van der Waals surface area contributed by atoms with Crippen LogP contribution in [0.4, 0.5) is 0 Å². The number of hydrogen-bond acceptors (Lipinski definition) is 6. The molecule has 0 saturated carbocycles. The van der Waals surface area contributed by atoms with Crippen molar-refractivity contribution in [3.63, 3.8) is 0 Å². The monoisotopic (exact) mass is 647 g/mol. The molecule has 50 heavy (non-hydrogen) atoms. The number of ether oxygens (including phenoxy) is 1. The first-order valence-electron chi connectivity index (χ1n) is 16.3. The summed E-state index contributed by atoms with van der Waals surface area (Å²) in [5.74, 6) is 2.26. The normalized spacial score (nSPS) is 11.3. The Morgan fingerprint density at radius 2 is 1.36 bits per heavy atom. The lowest BCUT2D eigenvalue weighted by atomic mass is 9.97. The molecule has 0 radical (unpaired) electrons. The first-order valence-corrected chi connectivity index (χ1v) is 16.3. The maximum Gasteiger partial charge on any atom is 0.137 e. The molecule has 238 valence electrons. The Labute approximate surface area is 288 Å². The van der Waals surface area contributed by atoms with E-state index in [4.69, 9.17) is 14.8 Å². The van der Waals surface area contributed by atoms with Crippen molar-refractivity contribution in [1.82, 2.24) is 34.3 Å². The Kier molecular flexibility index (Phi) is 7.17. The molecule has 0 amide bonds. The van der Waals surface area contributed by atoms with E-state index in [9.17, 15) is 0 Å². The number of aromatic nitrogens is 7. The van der Waals surface area contributed by atoms with Gasteiger partial charge in [-0.25, -0.2) is 19.6 Å². The SMILES string of the molecule is Cc1ccnc(-n2c3ccccc3c3ccc(Oc4cccc(-n5nc(-c6ccncc6)c(-c6ccccc6)c5-c5cncnc5)c4)cc32)c1. The van der Waals surface area contributed by atoms with Crippen LogP contribution in [-0.2, 0) is 0 Å². The molecule has 9 rings (SSSR count). The van der Waals surface area contributed by atoms with Gasteiger partial charge in [0.25, 0.3) is 0 Å². The van der Waals surface area contributed by atoms with Crippen molar-refractivity contribution in [2.45, 2.75) is 6.92 Å². The van der Waals surface area contributed by atoms with Crippen molar-refractivity contribution in [2.75, 3.05) is 0 Å². The molecule has 5 heterocycles. The Hall–Kier alpha value is -6.93. The molecule has 0 unspecified atom stereocenters. The van der Waals surface area contributed by atoms with E-state index in [-0.39, 0.29) is 0 Å². The fraction of sp³-hybridized carbons (Fsp3) is 0.0238. The number of aryl methyl sites for hydroxylation is 1. The third kappa shape index (κ3) is 5.16. The molecular weight excluding hydrogens is 619 g/mol. The zero-order valence-electron chi connectivity index (χ0n) is 27.0. The van der Waals surface area contributed by atoms with Gasteiger partial charge in [0.2, 0.25) is 0 Å². The van der Waals surface area contributed by atoms with Gasteiger partial charge in [-0.3, -0.25) is 9.55 Å². The van der Waals surface area contributed by atoms with E-state index in [2.05, 4.69) is 81.0 Å². The zero-order chi connectivity index (χ0) is 33.4. The van der Waals surface area contributed by atoms with Crippen molar-refractivity contribution in [1.29, 1.82) is 0 Å². The standard InChI is InChI=1S/C42H29N7O/c1-28-16-21-46-39(22-28)48-37-13-6-5-12-35(37)36-15-14-34(24-38(36)48)50-33-11-7-10-32(23-33)49-42(31-25-44-27-45-26-31)40(29-8-3-2-4-9-29)41(47-49)30-17-19-43-20-18-30/h2-27H,1H3. The van der Waals surface area contributed by atoms with Crippen molar-refractivity contribution < 1.29 is 4.74 Å². The maximum atomic E-state index is 6.60. The second kappa shape index (κ2) is 12.3. The smallest absolute Gasteiger partial charge is 0.137 e. The van der Waals surface area contributed by atoms with E-state index < -0.39 is 0 Å². The minimum absolute atomic E-state index is 0.677. The molecule has 0 bridgehead atoms. The Bertz CT molecular complexity index is 2630. The van der Waals surface area contributed by atoms with Crippen molar-refractivity contribution >= 4 is 21.8 Å². The lowest BCUT2D eigenvalue weighted by Crippen LogP contribution is -2.01.